The molecule has 1 aliphatic heterocycles. The normalized spacial score (nSPS) is 16.4. The summed E-state index contributed by atoms with van der Waals surface area (Å²) in [6.07, 6.45) is -4.80. The highest BCUT2D eigenvalue weighted by molar-refractivity contribution is 9.10. The standard InChI is InChI=1S/C18H17BrF3N3O4/c19-12-9-14(17(26)15(10-12)25(27)28)16(24-7-5-23-6-8-24)11-1-3-13(4-2-11)29-18(20,21)22/h1-4,9-10,16,23,26H,5-8H2/t16-/m1/s1. The summed E-state index contributed by atoms with van der Waals surface area (Å²) in [5, 5.41) is 25.1. The van der Waals surface area contributed by atoms with Gasteiger partial charge in [-0.15, -0.1) is 13.2 Å². The van der Waals surface area contributed by atoms with Crippen molar-refractivity contribution in [2.75, 3.05) is 26.2 Å². The molecule has 29 heavy (non-hydrogen) atoms. The lowest BCUT2D eigenvalue weighted by atomic mass is 9.95. The van der Waals surface area contributed by atoms with E-state index < -0.39 is 28.8 Å². The number of hydrogen-bond acceptors (Lipinski definition) is 6. The Morgan fingerprint density at radius 1 is 1.21 bits per heavy atom. The number of phenols is 1. The minimum Gasteiger partial charge on any atom is -0.502 e. The third-order valence-electron chi connectivity index (χ3n) is 4.52. The minimum atomic E-state index is -4.80. The average molecular weight is 476 g/mol. The third-order valence-corrected chi connectivity index (χ3v) is 4.98. The van der Waals surface area contributed by atoms with Gasteiger partial charge >= 0.3 is 12.0 Å². The van der Waals surface area contributed by atoms with Crippen LogP contribution >= 0.6 is 15.9 Å². The number of halogens is 4. The van der Waals surface area contributed by atoms with Crippen LogP contribution in [0.3, 0.4) is 0 Å². The summed E-state index contributed by atoms with van der Waals surface area (Å²) >= 11 is 3.23. The molecule has 1 fully saturated rings. The summed E-state index contributed by atoms with van der Waals surface area (Å²) in [7, 11) is 0. The maximum atomic E-state index is 12.4. The molecule has 3 rings (SSSR count). The fraction of sp³-hybridized carbons (Fsp3) is 0.333. The molecule has 156 valence electrons. The first-order valence-electron chi connectivity index (χ1n) is 8.63. The Kier molecular flexibility index (Phi) is 6.30. The van der Waals surface area contributed by atoms with E-state index in [2.05, 4.69) is 26.0 Å². The number of ether oxygens (including phenoxy) is 1. The van der Waals surface area contributed by atoms with Crippen LogP contribution in [0, 0.1) is 10.1 Å². The monoisotopic (exact) mass is 475 g/mol. The van der Waals surface area contributed by atoms with E-state index in [1.807, 2.05) is 4.90 Å². The molecular formula is C18H17BrF3N3O4. The number of alkyl halides is 3. The quantitative estimate of drug-likeness (QED) is 0.502. The molecule has 0 aliphatic carbocycles. The van der Waals surface area contributed by atoms with Gasteiger partial charge in [0, 0.05) is 42.3 Å². The van der Waals surface area contributed by atoms with Crippen LogP contribution < -0.4 is 10.1 Å². The number of piperazine rings is 1. The number of rotatable bonds is 5. The zero-order chi connectivity index (χ0) is 21.2. The van der Waals surface area contributed by atoms with E-state index in [1.165, 1.54) is 30.3 Å². The van der Waals surface area contributed by atoms with Crippen LogP contribution in [0.4, 0.5) is 18.9 Å². The topological polar surface area (TPSA) is 87.9 Å². The van der Waals surface area contributed by atoms with Gasteiger partial charge in [0.25, 0.3) is 0 Å². The summed E-state index contributed by atoms with van der Waals surface area (Å²) in [5.74, 6) is -0.845. The van der Waals surface area contributed by atoms with E-state index >= 15 is 0 Å². The fourth-order valence-corrected chi connectivity index (χ4v) is 3.80. The summed E-state index contributed by atoms with van der Waals surface area (Å²) in [4.78, 5) is 12.6. The molecule has 0 amide bonds. The van der Waals surface area contributed by atoms with Crippen LogP contribution in [0.1, 0.15) is 17.2 Å². The van der Waals surface area contributed by atoms with Crippen molar-refractivity contribution < 1.29 is 27.9 Å². The first-order chi connectivity index (χ1) is 13.7. The molecular weight excluding hydrogens is 459 g/mol. The third kappa shape index (κ3) is 5.17. The van der Waals surface area contributed by atoms with Crippen molar-refractivity contribution in [2.24, 2.45) is 0 Å². The second kappa shape index (κ2) is 8.56. The Hall–Kier alpha value is -2.37. The number of nitro groups is 1. The van der Waals surface area contributed by atoms with Gasteiger partial charge in [-0.3, -0.25) is 15.0 Å². The molecule has 2 N–H and O–H groups in total. The number of phenolic OH excluding ortho intramolecular Hbond substituents is 1. The van der Waals surface area contributed by atoms with E-state index in [-0.39, 0.29) is 11.3 Å². The summed E-state index contributed by atoms with van der Waals surface area (Å²) in [6, 6.07) is 7.47. The van der Waals surface area contributed by atoms with Crippen LogP contribution in [-0.2, 0) is 0 Å². The van der Waals surface area contributed by atoms with Gasteiger partial charge in [-0.05, 0) is 23.8 Å². The molecule has 0 aromatic heterocycles. The average Bonchev–Trinajstić information content (AvgIpc) is 2.65. The lowest BCUT2D eigenvalue weighted by Crippen LogP contribution is -2.45. The van der Waals surface area contributed by atoms with Gasteiger partial charge in [-0.2, -0.15) is 0 Å². The summed E-state index contributed by atoms with van der Waals surface area (Å²) in [5.41, 5.74) is 0.410. The van der Waals surface area contributed by atoms with E-state index in [0.29, 0.717) is 36.2 Å². The minimum absolute atomic E-state index is 0.289. The molecule has 0 spiro atoms. The van der Waals surface area contributed by atoms with Crippen molar-refractivity contribution in [2.45, 2.75) is 12.4 Å². The van der Waals surface area contributed by atoms with Crippen LogP contribution in [0.25, 0.3) is 0 Å². The molecule has 0 unspecified atom stereocenters. The predicted molar refractivity (Wildman–Crippen MR) is 102 cm³/mol. The second-order valence-corrected chi connectivity index (χ2v) is 7.34. The van der Waals surface area contributed by atoms with Crippen LogP contribution in [-0.4, -0.2) is 47.5 Å². The molecule has 0 radical (unpaired) electrons. The Morgan fingerprint density at radius 2 is 1.83 bits per heavy atom. The maximum Gasteiger partial charge on any atom is 0.573 e. The fourth-order valence-electron chi connectivity index (χ4n) is 3.33. The molecule has 11 heteroatoms. The van der Waals surface area contributed by atoms with Gasteiger partial charge in [-0.1, -0.05) is 28.1 Å². The number of hydrogen-bond donors (Lipinski definition) is 2. The molecule has 1 heterocycles. The first-order valence-corrected chi connectivity index (χ1v) is 9.42. The summed E-state index contributed by atoms with van der Waals surface area (Å²) < 4.78 is 41.6. The lowest BCUT2D eigenvalue weighted by Gasteiger charge is -2.35. The van der Waals surface area contributed by atoms with Crippen LogP contribution in [0.2, 0.25) is 0 Å². The van der Waals surface area contributed by atoms with Crippen molar-refractivity contribution in [1.82, 2.24) is 10.2 Å². The smallest absolute Gasteiger partial charge is 0.502 e. The van der Waals surface area contributed by atoms with E-state index in [9.17, 15) is 28.4 Å². The van der Waals surface area contributed by atoms with E-state index in [1.54, 1.807) is 6.07 Å². The summed E-state index contributed by atoms with van der Waals surface area (Å²) in [6.45, 7) is 2.52. The number of nitro benzene ring substituents is 1. The number of nitrogens with one attached hydrogen (secondary N) is 1. The highest BCUT2D eigenvalue weighted by Gasteiger charge is 2.32. The largest absolute Gasteiger partial charge is 0.573 e. The van der Waals surface area contributed by atoms with Gasteiger partial charge in [-0.25, -0.2) is 0 Å². The van der Waals surface area contributed by atoms with Gasteiger partial charge in [0.2, 0.25) is 0 Å². The van der Waals surface area contributed by atoms with Gasteiger partial charge in [0.1, 0.15) is 5.75 Å². The number of aromatic hydroxyl groups is 1. The number of nitrogens with zero attached hydrogens (tertiary/aromatic N) is 2. The van der Waals surface area contributed by atoms with Crippen molar-refractivity contribution in [3.63, 3.8) is 0 Å². The zero-order valence-electron chi connectivity index (χ0n) is 14.9. The second-order valence-electron chi connectivity index (χ2n) is 6.43. The van der Waals surface area contributed by atoms with Crippen molar-refractivity contribution in [3.05, 3.63) is 62.1 Å². The molecule has 1 saturated heterocycles. The Bertz CT molecular complexity index is 887. The Morgan fingerprint density at radius 3 is 2.38 bits per heavy atom. The SMILES string of the molecule is O=[N+]([O-])c1cc(Br)cc([C@@H](c2ccc(OC(F)(F)F)cc2)N2CCNCC2)c1O. The van der Waals surface area contributed by atoms with Crippen LogP contribution in [0.15, 0.2) is 40.9 Å². The predicted octanol–water partition coefficient (Wildman–Crippen LogP) is 3.96. The van der Waals surface area contributed by atoms with Gasteiger partial charge in [0.05, 0.1) is 11.0 Å². The van der Waals surface area contributed by atoms with Crippen LogP contribution in [0.5, 0.6) is 11.5 Å². The highest BCUT2D eigenvalue weighted by atomic mass is 79.9. The maximum absolute atomic E-state index is 12.4. The molecule has 2 aromatic carbocycles. The lowest BCUT2D eigenvalue weighted by molar-refractivity contribution is -0.386. The van der Waals surface area contributed by atoms with Gasteiger partial charge in [0.15, 0.2) is 5.75 Å². The van der Waals surface area contributed by atoms with Crippen molar-refractivity contribution >= 4 is 21.6 Å². The zero-order valence-corrected chi connectivity index (χ0v) is 16.5. The molecule has 1 atom stereocenters. The van der Waals surface area contributed by atoms with E-state index in [0.717, 1.165) is 0 Å². The van der Waals surface area contributed by atoms with Crippen molar-refractivity contribution in [3.8, 4) is 11.5 Å². The molecule has 2 aromatic rings. The molecule has 7 nitrogen and oxygen atoms in total. The molecule has 0 saturated carbocycles. The van der Waals surface area contributed by atoms with Gasteiger partial charge < -0.3 is 15.2 Å². The Labute approximate surface area is 172 Å². The molecule has 0 bridgehead atoms. The molecule has 1 aliphatic rings. The number of benzene rings is 2. The Balaban J connectivity index is 2.06. The highest BCUT2D eigenvalue weighted by Crippen LogP contribution is 2.42. The van der Waals surface area contributed by atoms with E-state index in [4.69, 9.17) is 0 Å². The van der Waals surface area contributed by atoms with Crippen molar-refractivity contribution in [1.29, 1.82) is 0 Å². The first kappa shape index (κ1) is 21.3.